The zero-order valence-corrected chi connectivity index (χ0v) is 11.9. The minimum absolute atomic E-state index is 0.832. The Morgan fingerprint density at radius 3 is 2.57 bits per heavy atom. The third kappa shape index (κ3) is 1.74. The number of fused-ring (bicyclic) bond motifs is 3. The van der Waals surface area contributed by atoms with Gasteiger partial charge < -0.3 is 10.0 Å². The first kappa shape index (κ1) is 12.6. The van der Waals surface area contributed by atoms with Crippen LogP contribution in [0.25, 0.3) is 0 Å². The van der Waals surface area contributed by atoms with E-state index in [1.54, 1.807) is 0 Å². The Morgan fingerprint density at radius 1 is 0.952 bits per heavy atom. The molecule has 0 saturated carbocycles. The summed E-state index contributed by atoms with van der Waals surface area (Å²) in [5.41, 5.74) is 1.81. The van der Waals surface area contributed by atoms with Gasteiger partial charge in [-0.15, -0.1) is 0 Å². The Morgan fingerprint density at radius 2 is 1.71 bits per heavy atom. The van der Waals surface area contributed by atoms with E-state index in [9.17, 15) is 5.11 Å². The van der Waals surface area contributed by atoms with Gasteiger partial charge in [0.05, 0.1) is 0 Å². The molecular weight excluding hydrogens is 260 g/mol. The molecule has 0 aromatic heterocycles. The standard InChI is InChI=1S/C18H18N2O/c21-18(14-8-2-1-3-9-14)16-11-5-4-10-15(16)17-19-12-6-7-13-20(17)18/h1-5,8-11,21H,6-7,12-13H2. The summed E-state index contributed by atoms with van der Waals surface area (Å²) in [6.07, 6.45) is 2.13. The predicted molar refractivity (Wildman–Crippen MR) is 83.2 cm³/mol. The molecule has 3 nitrogen and oxygen atoms in total. The molecule has 3 heteroatoms. The molecule has 1 atom stereocenters. The highest BCUT2D eigenvalue weighted by molar-refractivity contribution is 6.04. The molecule has 2 heterocycles. The molecule has 2 aliphatic rings. The van der Waals surface area contributed by atoms with Gasteiger partial charge in [0.25, 0.3) is 0 Å². The molecule has 2 aromatic rings. The van der Waals surface area contributed by atoms with Gasteiger partial charge >= 0.3 is 0 Å². The van der Waals surface area contributed by atoms with Gasteiger partial charge in [-0.1, -0.05) is 54.6 Å². The Labute approximate surface area is 124 Å². The smallest absolute Gasteiger partial charge is 0.193 e. The molecule has 0 aliphatic carbocycles. The molecule has 4 rings (SSSR count). The van der Waals surface area contributed by atoms with Crippen LogP contribution in [0.2, 0.25) is 0 Å². The van der Waals surface area contributed by atoms with Gasteiger partial charge in [-0.2, -0.15) is 0 Å². The van der Waals surface area contributed by atoms with Crippen LogP contribution in [0.4, 0.5) is 0 Å². The second kappa shape index (κ2) is 4.71. The number of hydrogen-bond acceptors (Lipinski definition) is 3. The molecule has 0 fully saturated rings. The zero-order chi connectivity index (χ0) is 14.3. The number of benzene rings is 2. The molecule has 106 valence electrons. The average molecular weight is 278 g/mol. The van der Waals surface area contributed by atoms with Gasteiger partial charge in [0.1, 0.15) is 5.84 Å². The van der Waals surface area contributed by atoms with Crippen LogP contribution in [0.1, 0.15) is 29.5 Å². The van der Waals surface area contributed by atoms with Gasteiger partial charge in [0.15, 0.2) is 5.72 Å². The molecule has 1 N–H and O–H groups in total. The van der Waals surface area contributed by atoms with Gasteiger partial charge in [0.2, 0.25) is 0 Å². The van der Waals surface area contributed by atoms with Crippen LogP contribution >= 0.6 is 0 Å². The van der Waals surface area contributed by atoms with Crippen molar-refractivity contribution in [2.45, 2.75) is 18.6 Å². The minimum Gasteiger partial charge on any atom is -0.363 e. The Bertz CT molecular complexity index is 695. The number of rotatable bonds is 1. The number of amidine groups is 1. The zero-order valence-electron chi connectivity index (χ0n) is 11.9. The van der Waals surface area contributed by atoms with Crippen molar-refractivity contribution in [2.24, 2.45) is 4.99 Å². The number of nitrogens with zero attached hydrogens (tertiary/aromatic N) is 2. The summed E-state index contributed by atoms with van der Waals surface area (Å²) in [6.45, 7) is 1.67. The van der Waals surface area contributed by atoms with Crippen LogP contribution in [0.3, 0.4) is 0 Å². The van der Waals surface area contributed by atoms with Crippen molar-refractivity contribution in [1.29, 1.82) is 0 Å². The largest absolute Gasteiger partial charge is 0.363 e. The van der Waals surface area contributed by atoms with Gasteiger partial charge in [0, 0.05) is 29.8 Å². The highest BCUT2D eigenvalue weighted by Crippen LogP contribution is 2.43. The van der Waals surface area contributed by atoms with E-state index in [4.69, 9.17) is 4.99 Å². The van der Waals surface area contributed by atoms with Crippen LogP contribution in [0, 0.1) is 0 Å². The van der Waals surface area contributed by atoms with E-state index in [0.717, 1.165) is 48.5 Å². The lowest BCUT2D eigenvalue weighted by Crippen LogP contribution is -2.45. The third-order valence-electron chi connectivity index (χ3n) is 4.42. The van der Waals surface area contributed by atoms with E-state index in [1.807, 2.05) is 48.5 Å². The summed E-state index contributed by atoms with van der Waals surface area (Å²) in [4.78, 5) is 6.80. The van der Waals surface area contributed by atoms with Crippen molar-refractivity contribution in [2.75, 3.05) is 13.1 Å². The lowest BCUT2D eigenvalue weighted by molar-refractivity contribution is -0.0293. The van der Waals surface area contributed by atoms with Crippen molar-refractivity contribution in [3.63, 3.8) is 0 Å². The van der Waals surface area contributed by atoms with E-state index in [2.05, 4.69) is 11.0 Å². The van der Waals surface area contributed by atoms with Gasteiger partial charge in [-0.25, -0.2) is 0 Å². The normalized spacial score (nSPS) is 24.0. The van der Waals surface area contributed by atoms with Crippen LogP contribution in [0.15, 0.2) is 59.6 Å². The minimum atomic E-state index is -1.10. The van der Waals surface area contributed by atoms with Crippen molar-refractivity contribution in [1.82, 2.24) is 4.90 Å². The first-order chi connectivity index (χ1) is 10.3. The fraction of sp³-hybridized carbons (Fsp3) is 0.278. The molecule has 2 aliphatic heterocycles. The molecule has 21 heavy (non-hydrogen) atoms. The second-order valence-corrected chi connectivity index (χ2v) is 5.65. The van der Waals surface area contributed by atoms with Crippen LogP contribution in [0.5, 0.6) is 0 Å². The Balaban J connectivity index is 1.98. The molecule has 0 spiro atoms. The first-order valence-corrected chi connectivity index (χ1v) is 7.51. The monoisotopic (exact) mass is 278 g/mol. The summed E-state index contributed by atoms with van der Waals surface area (Å²) in [6, 6.07) is 18.0. The predicted octanol–water partition coefficient (Wildman–Crippen LogP) is 2.74. The van der Waals surface area contributed by atoms with Crippen molar-refractivity contribution in [3.05, 3.63) is 71.3 Å². The fourth-order valence-electron chi connectivity index (χ4n) is 3.41. The summed E-state index contributed by atoms with van der Waals surface area (Å²) in [5.74, 6) is 0.939. The highest BCUT2D eigenvalue weighted by atomic mass is 16.3. The maximum Gasteiger partial charge on any atom is 0.193 e. The van der Waals surface area contributed by atoms with E-state index in [0.29, 0.717) is 0 Å². The number of hydrogen-bond donors (Lipinski definition) is 1. The van der Waals surface area contributed by atoms with Crippen LogP contribution in [-0.4, -0.2) is 28.9 Å². The van der Waals surface area contributed by atoms with E-state index in [-0.39, 0.29) is 0 Å². The quantitative estimate of drug-likeness (QED) is 0.870. The van der Waals surface area contributed by atoms with Crippen LogP contribution in [-0.2, 0) is 5.72 Å². The van der Waals surface area contributed by atoms with E-state index < -0.39 is 5.72 Å². The molecule has 0 bridgehead atoms. The van der Waals surface area contributed by atoms with E-state index in [1.165, 1.54) is 0 Å². The molecule has 1 unspecified atom stereocenters. The van der Waals surface area contributed by atoms with Crippen LogP contribution < -0.4 is 0 Å². The summed E-state index contributed by atoms with van der Waals surface area (Å²) < 4.78 is 0. The maximum absolute atomic E-state index is 11.6. The Kier molecular flexibility index (Phi) is 2.82. The summed E-state index contributed by atoms with van der Waals surface area (Å²) in [7, 11) is 0. The lowest BCUT2D eigenvalue weighted by Gasteiger charge is -2.35. The van der Waals surface area contributed by atoms with Crippen molar-refractivity contribution < 1.29 is 5.11 Å². The van der Waals surface area contributed by atoms with Crippen molar-refractivity contribution >= 4 is 5.84 Å². The number of aliphatic hydroxyl groups is 1. The highest BCUT2D eigenvalue weighted by Gasteiger charge is 2.48. The molecular formula is C18H18N2O. The number of aliphatic imine (C=N–C) groups is 1. The summed E-state index contributed by atoms with van der Waals surface area (Å²) >= 11 is 0. The first-order valence-electron chi connectivity index (χ1n) is 7.51. The van der Waals surface area contributed by atoms with Crippen molar-refractivity contribution in [3.8, 4) is 0 Å². The van der Waals surface area contributed by atoms with E-state index >= 15 is 0 Å². The SMILES string of the molecule is OC1(c2ccccc2)c2ccccc2C2=NCCCCN21. The lowest BCUT2D eigenvalue weighted by atomic mass is 9.93. The summed E-state index contributed by atoms with van der Waals surface area (Å²) in [5, 5.41) is 11.6. The third-order valence-corrected chi connectivity index (χ3v) is 4.42. The second-order valence-electron chi connectivity index (χ2n) is 5.65. The molecule has 0 saturated heterocycles. The van der Waals surface area contributed by atoms with Gasteiger partial charge in [-0.3, -0.25) is 4.99 Å². The maximum atomic E-state index is 11.6. The molecule has 0 radical (unpaired) electrons. The topological polar surface area (TPSA) is 35.8 Å². The molecule has 0 amide bonds. The Hall–Kier alpha value is -2.13. The average Bonchev–Trinajstić information content (AvgIpc) is 2.72. The van der Waals surface area contributed by atoms with Gasteiger partial charge in [-0.05, 0) is 12.8 Å². The fourth-order valence-corrected chi connectivity index (χ4v) is 3.41. The molecule has 2 aromatic carbocycles.